The van der Waals surface area contributed by atoms with E-state index in [0.717, 1.165) is 5.76 Å². The number of furan rings is 1. The van der Waals surface area contributed by atoms with E-state index in [4.69, 9.17) is 10.2 Å². The molecule has 0 radical (unpaired) electrons. The highest BCUT2D eigenvalue weighted by molar-refractivity contribution is 5.82. The Hall–Kier alpha value is -1.33. The van der Waals surface area contributed by atoms with Crippen LogP contribution in [0.5, 0.6) is 0 Å². The van der Waals surface area contributed by atoms with E-state index in [1.54, 1.807) is 6.26 Å². The predicted octanol–water partition coefficient (Wildman–Crippen LogP) is 0.317. The van der Waals surface area contributed by atoms with Crippen LogP contribution in [0.3, 0.4) is 0 Å². The molecule has 1 aromatic heterocycles. The number of rotatable bonds is 4. The van der Waals surface area contributed by atoms with Gasteiger partial charge < -0.3 is 15.5 Å². The zero-order chi connectivity index (χ0) is 12.3. The molecule has 1 aromatic rings. The van der Waals surface area contributed by atoms with Gasteiger partial charge >= 0.3 is 0 Å². The van der Waals surface area contributed by atoms with Crippen LogP contribution in [0.2, 0.25) is 0 Å². The lowest BCUT2D eigenvalue weighted by atomic mass is 10.0. The van der Waals surface area contributed by atoms with Crippen molar-refractivity contribution < 1.29 is 9.21 Å². The second kappa shape index (κ2) is 5.33. The summed E-state index contributed by atoms with van der Waals surface area (Å²) in [6, 6.07) is 3.95. The lowest BCUT2D eigenvalue weighted by molar-refractivity contribution is -0.131. The van der Waals surface area contributed by atoms with Gasteiger partial charge in [0.15, 0.2) is 0 Å². The molecule has 5 heteroatoms. The summed E-state index contributed by atoms with van der Waals surface area (Å²) in [6.07, 6.45) is 2.33. The molecule has 2 rings (SSSR count). The van der Waals surface area contributed by atoms with E-state index in [1.807, 2.05) is 12.1 Å². The van der Waals surface area contributed by atoms with Crippen LogP contribution in [0.25, 0.3) is 0 Å². The van der Waals surface area contributed by atoms with Gasteiger partial charge in [-0.1, -0.05) is 0 Å². The largest absolute Gasteiger partial charge is 0.468 e. The number of nitrogens with two attached hydrogens (primary N) is 1. The summed E-state index contributed by atoms with van der Waals surface area (Å²) in [5.74, 6) is 0.952. The molecular formula is C12H19N3O2. The number of carbonyl (C=O) groups is 1. The Balaban J connectivity index is 2.10. The second-order valence-corrected chi connectivity index (χ2v) is 4.44. The average molecular weight is 237 g/mol. The smallest absolute Gasteiger partial charge is 0.237 e. The fraction of sp³-hybridized carbons (Fsp3) is 0.583. The first-order valence-electron chi connectivity index (χ1n) is 5.98. The third-order valence-electron chi connectivity index (χ3n) is 3.20. The summed E-state index contributed by atoms with van der Waals surface area (Å²) in [5.41, 5.74) is 5.57. The maximum atomic E-state index is 11.8. The van der Waals surface area contributed by atoms with E-state index in [0.29, 0.717) is 32.1 Å². The Morgan fingerprint density at radius 3 is 3.12 bits per heavy atom. The van der Waals surface area contributed by atoms with E-state index in [9.17, 15) is 4.79 Å². The van der Waals surface area contributed by atoms with Crippen molar-refractivity contribution in [1.82, 2.24) is 10.2 Å². The monoisotopic (exact) mass is 237 g/mol. The number of nitrogens with zero attached hydrogens (tertiary/aromatic N) is 1. The normalized spacial score (nSPS) is 25.9. The van der Waals surface area contributed by atoms with E-state index in [-0.39, 0.29) is 11.9 Å². The van der Waals surface area contributed by atoms with Gasteiger partial charge in [-0.2, -0.15) is 0 Å². The van der Waals surface area contributed by atoms with Crippen molar-refractivity contribution in [2.45, 2.75) is 32.0 Å². The molecule has 1 fully saturated rings. The second-order valence-electron chi connectivity index (χ2n) is 4.44. The molecule has 5 nitrogen and oxygen atoms in total. The van der Waals surface area contributed by atoms with Crippen LogP contribution in [0, 0.1) is 0 Å². The molecule has 17 heavy (non-hydrogen) atoms. The van der Waals surface area contributed by atoms with Gasteiger partial charge in [0.1, 0.15) is 5.76 Å². The van der Waals surface area contributed by atoms with Gasteiger partial charge in [-0.3, -0.25) is 9.69 Å². The summed E-state index contributed by atoms with van der Waals surface area (Å²) in [5, 5.41) is 2.91. The number of amides is 1. The van der Waals surface area contributed by atoms with Crippen molar-refractivity contribution in [3.63, 3.8) is 0 Å². The highest BCUT2D eigenvalue weighted by Gasteiger charge is 2.33. The summed E-state index contributed by atoms with van der Waals surface area (Å²) < 4.78 is 5.34. The van der Waals surface area contributed by atoms with Crippen LogP contribution >= 0.6 is 0 Å². The number of piperazine rings is 1. The van der Waals surface area contributed by atoms with Crippen molar-refractivity contribution in [2.75, 3.05) is 13.1 Å². The van der Waals surface area contributed by atoms with Crippen LogP contribution in [0.4, 0.5) is 0 Å². The molecule has 1 aliphatic rings. The molecule has 94 valence electrons. The minimum Gasteiger partial charge on any atom is -0.468 e. The number of carbonyl (C=O) groups excluding carboxylic acids is 1. The molecule has 0 bridgehead atoms. The molecule has 0 aliphatic carbocycles. The van der Waals surface area contributed by atoms with Gasteiger partial charge in [-0.05, 0) is 32.0 Å². The Kier molecular flexibility index (Phi) is 3.81. The van der Waals surface area contributed by atoms with Crippen LogP contribution in [-0.2, 0) is 11.3 Å². The predicted molar refractivity (Wildman–Crippen MR) is 64.2 cm³/mol. The van der Waals surface area contributed by atoms with E-state index >= 15 is 0 Å². The fourth-order valence-electron chi connectivity index (χ4n) is 2.24. The average Bonchev–Trinajstić information content (AvgIpc) is 2.81. The lowest BCUT2D eigenvalue weighted by Crippen LogP contribution is -2.59. The van der Waals surface area contributed by atoms with Crippen LogP contribution in [0.1, 0.15) is 19.1 Å². The summed E-state index contributed by atoms with van der Waals surface area (Å²) in [4.78, 5) is 14.0. The minimum absolute atomic E-state index is 0.0695. The number of hydrogen-bond donors (Lipinski definition) is 2. The van der Waals surface area contributed by atoms with E-state index in [1.165, 1.54) is 0 Å². The van der Waals surface area contributed by atoms with Gasteiger partial charge in [-0.15, -0.1) is 0 Å². The Labute approximate surface area is 101 Å². The molecule has 0 aromatic carbocycles. The fourth-order valence-corrected chi connectivity index (χ4v) is 2.24. The van der Waals surface area contributed by atoms with Crippen molar-refractivity contribution in [1.29, 1.82) is 0 Å². The topological polar surface area (TPSA) is 71.5 Å². The van der Waals surface area contributed by atoms with Crippen molar-refractivity contribution >= 4 is 5.91 Å². The van der Waals surface area contributed by atoms with Gasteiger partial charge in [0.05, 0.1) is 18.8 Å². The quantitative estimate of drug-likeness (QED) is 0.791. The minimum atomic E-state index is -0.145. The molecule has 1 aliphatic heterocycles. The van der Waals surface area contributed by atoms with E-state index < -0.39 is 0 Å². The SMILES string of the molecule is CC1CNC(=O)C(CCN)N1Cc1ccco1. The van der Waals surface area contributed by atoms with Gasteiger partial charge in [0, 0.05) is 12.6 Å². The third-order valence-corrected chi connectivity index (χ3v) is 3.20. The Morgan fingerprint density at radius 2 is 2.47 bits per heavy atom. The molecule has 0 spiro atoms. The van der Waals surface area contributed by atoms with E-state index in [2.05, 4.69) is 17.1 Å². The molecule has 2 unspecified atom stereocenters. The molecule has 1 saturated heterocycles. The van der Waals surface area contributed by atoms with Gasteiger partial charge in [0.25, 0.3) is 0 Å². The van der Waals surface area contributed by atoms with Crippen LogP contribution < -0.4 is 11.1 Å². The Morgan fingerprint density at radius 1 is 1.65 bits per heavy atom. The Bertz CT molecular complexity index is 364. The first-order chi connectivity index (χ1) is 8.22. The molecule has 2 heterocycles. The molecule has 2 atom stereocenters. The van der Waals surface area contributed by atoms with Crippen LogP contribution in [-0.4, -0.2) is 36.0 Å². The zero-order valence-electron chi connectivity index (χ0n) is 10.1. The van der Waals surface area contributed by atoms with Crippen molar-refractivity contribution in [3.05, 3.63) is 24.2 Å². The molecule has 3 N–H and O–H groups in total. The van der Waals surface area contributed by atoms with Gasteiger partial charge in [0.2, 0.25) is 5.91 Å². The van der Waals surface area contributed by atoms with Gasteiger partial charge in [-0.25, -0.2) is 0 Å². The molecular weight excluding hydrogens is 218 g/mol. The maximum Gasteiger partial charge on any atom is 0.237 e. The summed E-state index contributed by atoms with van der Waals surface area (Å²) in [7, 11) is 0. The number of nitrogens with one attached hydrogen (secondary N) is 1. The standard InChI is InChI=1S/C12H19N3O2/c1-9-7-14-12(16)11(4-5-13)15(9)8-10-3-2-6-17-10/h2-3,6,9,11H,4-5,7-8,13H2,1H3,(H,14,16). The lowest BCUT2D eigenvalue weighted by Gasteiger charge is -2.39. The highest BCUT2D eigenvalue weighted by Crippen LogP contribution is 2.17. The first-order valence-corrected chi connectivity index (χ1v) is 5.98. The number of hydrogen-bond acceptors (Lipinski definition) is 4. The zero-order valence-corrected chi connectivity index (χ0v) is 10.1. The summed E-state index contributed by atoms with van der Waals surface area (Å²) >= 11 is 0. The third kappa shape index (κ3) is 2.68. The summed E-state index contributed by atoms with van der Waals surface area (Å²) in [6.45, 7) is 3.96. The first kappa shape index (κ1) is 12.1. The maximum absolute atomic E-state index is 11.8. The molecule has 1 amide bonds. The molecule has 0 saturated carbocycles. The van der Waals surface area contributed by atoms with Crippen molar-refractivity contribution in [3.8, 4) is 0 Å². The van der Waals surface area contributed by atoms with Crippen LogP contribution in [0.15, 0.2) is 22.8 Å². The van der Waals surface area contributed by atoms with Crippen molar-refractivity contribution in [2.24, 2.45) is 5.73 Å². The highest BCUT2D eigenvalue weighted by atomic mass is 16.3.